The second kappa shape index (κ2) is 5.84. The van der Waals surface area contributed by atoms with Crippen molar-refractivity contribution >= 4 is 27.4 Å². The van der Waals surface area contributed by atoms with E-state index >= 15 is 0 Å². The summed E-state index contributed by atoms with van der Waals surface area (Å²) in [5.41, 5.74) is 8.28. The maximum Gasteiger partial charge on any atom is 0.140 e. The molecule has 0 spiro atoms. The van der Waals surface area contributed by atoms with Gasteiger partial charge in [0.1, 0.15) is 5.82 Å². The molecule has 0 aliphatic heterocycles. The quantitative estimate of drug-likeness (QED) is 0.812. The molecule has 0 atom stereocenters. The van der Waals surface area contributed by atoms with Crippen molar-refractivity contribution < 1.29 is 5.11 Å². The molecule has 94 valence electrons. The number of halogens is 1. The van der Waals surface area contributed by atoms with Crippen molar-refractivity contribution in [1.82, 2.24) is 4.98 Å². The highest BCUT2D eigenvalue weighted by atomic mass is 79.9. The van der Waals surface area contributed by atoms with Gasteiger partial charge in [0.05, 0.1) is 23.0 Å². The largest absolute Gasteiger partial charge is 0.397 e. The van der Waals surface area contributed by atoms with Crippen molar-refractivity contribution in [1.29, 1.82) is 0 Å². The van der Waals surface area contributed by atoms with Crippen LogP contribution < -0.4 is 11.1 Å². The van der Waals surface area contributed by atoms with E-state index in [1.54, 1.807) is 6.20 Å². The van der Waals surface area contributed by atoms with E-state index < -0.39 is 0 Å². The molecule has 5 heteroatoms. The molecular formula is C13H14BrN3O. The molecular weight excluding hydrogens is 294 g/mol. The summed E-state index contributed by atoms with van der Waals surface area (Å²) >= 11 is 3.41. The molecule has 0 aliphatic rings. The summed E-state index contributed by atoms with van der Waals surface area (Å²) in [6.45, 7) is 0.736. The topological polar surface area (TPSA) is 71.2 Å². The van der Waals surface area contributed by atoms with Crippen LogP contribution in [0.15, 0.2) is 41.0 Å². The van der Waals surface area contributed by atoms with Gasteiger partial charge in [-0.25, -0.2) is 4.98 Å². The number of hydrogen-bond acceptors (Lipinski definition) is 4. The molecule has 1 aromatic heterocycles. The van der Waals surface area contributed by atoms with Gasteiger partial charge in [-0.15, -0.1) is 0 Å². The van der Waals surface area contributed by atoms with Gasteiger partial charge in [0.25, 0.3) is 0 Å². The minimum Gasteiger partial charge on any atom is -0.397 e. The van der Waals surface area contributed by atoms with Crippen molar-refractivity contribution in [2.45, 2.75) is 13.2 Å². The van der Waals surface area contributed by atoms with Crippen LogP contribution in [0.1, 0.15) is 11.1 Å². The van der Waals surface area contributed by atoms with Gasteiger partial charge in [0, 0.05) is 6.54 Å². The first kappa shape index (κ1) is 12.9. The molecule has 0 fully saturated rings. The third-order valence-corrected chi connectivity index (χ3v) is 3.13. The van der Waals surface area contributed by atoms with Crippen molar-refractivity contribution in [2.24, 2.45) is 0 Å². The normalized spacial score (nSPS) is 10.3. The fourth-order valence-corrected chi connectivity index (χ4v) is 2.04. The summed E-state index contributed by atoms with van der Waals surface area (Å²) in [7, 11) is 0. The first-order chi connectivity index (χ1) is 8.69. The van der Waals surface area contributed by atoms with Crippen LogP contribution in [0, 0.1) is 0 Å². The van der Waals surface area contributed by atoms with E-state index in [-0.39, 0.29) is 6.61 Å². The van der Waals surface area contributed by atoms with E-state index in [9.17, 15) is 0 Å². The van der Waals surface area contributed by atoms with Crippen LogP contribution in [0.2, 0.25) is 0 Å². The minimum absolute atomic E-state index is 0.0682. The highest BCUT2D eigenvalue weighted by Gasteiger charge is 2.01. The lowest BCUT2D eigenvalue weighted by atomic mass is 10.1. The second-order valence-corrected chi connectivity index (χ2v) is 4.78. The van der Waals surface area contributed by atoms with E-state index in [0.29, 0.717) is 12.2 Å². The molecule has 0 aliphatic carbocycles. The van der Waals surface area contributed by atoms with Gasteiger partial charge < -0.3 is 16.2 Å². The average molecular weight is 308 g/mol. The average Bonchev–Trinajstić information content (AvgIpc) is 2.38. The van der Waals surface area contributed by atoms with Gasteiger partial charge >= 0.3 is 0 Å². The van der Waals surface area contributed by atoms with E-state index in [4.69, 9.17) is 10.8 Å². The van der Waals surface area contributed by atoms with E-state index in [1.165, 1.54) is 0 Å². The molecule has 2 aromatic rings. The molecule has 1 aromatic carbocycles. The third-order valence-electron chi connectivity index (χ3n) is 2.53. The first-order valence-electron chi connectivity index (χ1n) is 5.52. The number of aromatic nitrogens is 1. The lowest BCUT2D eigenvalue weighted by Gasteiger charge is -2.08. The molecule has 1 heterocycles. The van der Waals surface area contributed by atoms with E-state index in [1.807, 2.05) is 30.3 Å². The number of anilines is 2. The summed E-state index contributed by atoms with van der Waals surface area (Å²) in [6.07, 6.45) is 1.61. The third kappa shape index (κ3) is 3.21. The van der Waals surface area contributed by atoms with Gasteiger partial charge in [0.15, 0.2) is 0 Å². The summed E-state index contributed by atoms with van der Waals surface area (Å²) in [5.74, 6) is 0.760. The fourth-order valence-electron chi connectivity index (χ4n) is 1.53. The Labute approximate surface area is 114 Å². The molecule has 0 saturated heterocycles. The minimum atomic E-state index is 0.0682. The van der Waals surface area contributed by atoms with Gasteiger partial charge in [-0.05, 0) is 33.1 Å². The maximum atomic E-state index is 8.96. The van der Waals surface area contributed by atoms with Crippen molar-refractivity contribution in [3.63, 3.8) is 0 Å². The highest BCUT2D eigenvalue weighted by molar-refractivity contribution is 9.10. The second-order valence-electron chi connectivity index (χ2n) is 3.93. The predicted octanol–water partition coefficient (Wildman–Crippen LogP) is 2.53. The number of aliphatic hydroxyl groups is 1. The zero-order valence-electron chi connectivity index (χ0n) is 9.73. The van der Waals surface area contributed by atoms with Crippen LogP contribution in [0.25, 0.3) is 0 Å². The van der Waals surface area contributed by atoms with Crippen molar-refractivity contribution in [3.05, 3.63) is 52.1 Å². The summed E-state index contributed by atoms with van der Waals surface area (Å²) < 4.78 is 0.842. The molecule has 2 rings (SSSR count). The number of pyridine rings is 1. The molecule has 4 nitrogen and oxygen atoms in total. The lowest BCUT2D eigenvalue weighted by molar-refractivity contribution is 0.282. The zero-order chi connectivity index (χ0) is 13.0. The van der Waals surface area contributed by atoms with E-state index in [0.717, 1.165) is 21.4 Å². The Morgan fingerprint density at radius 1 is 1.22 bits per heavy atom. The van der Waals surface area contributed by atoms with Gasteiger partial charge in [-0.1, -0.05) is 24.3 Å². The van der Waals surface area contributed by atoms with Crippen molar-refractivity contribution in [2.75, 3.05) is 11.1 Å². The number of benzene rings is 1. The summed E-state index contributed by atoms with van der Waals surface area (Å²) in [5, 5.41) is 12.2. The number of aliphatic hydroxyl groups excluding tert-OH is 1. The van der Waals surface area contributed by atoms with Gasteiger partial charge in [-0.3, -0.25) is 0 Å². The first-order valence-corrected chi connectivity index (χ1v) is 6.32. The molecule has 0 saturated carbocycles. The Bertz CT molecular complexity index is 528. The van der Waals surface area contributed by atoms with Crippen LogP contribution in [0.4, 0.5) is 11.5 Å². The smallest absolute Gasteiger partial charge is 0.140 e. The monoisotopic (exact) mass is 307 g/mol. The number of rotatable bonds is 4. The Kier molecular flexibility index (Phi) is 4.17. The summed E-state index contributed by atoms with van der Waals surface area (Å²) in [4.78, 5) is 4.20. The van der Waals surface area contributed by atoms with Crippen LogP contribution in [-0.4, -0.2) is 10.1 Å². The molecule has 0 unspecified atom stereocenters. The van der Waals surface area contributed by atoms with Crippen LogP contribution in [-0.2, 0) is 13.2 Å². The standard InChI is InChI=1S/C13H14BrN3O/c14-12-5-11(15)7-17-13(12)16-6-9-1-3-10(8-18)4-2-9/h1-5,7,18H,6,8,15H2,(H,16,17). The van der Waals surface area contributed by atoms with Crippen molar-refractivity contribution in [3.8, 4) is 0 Å². The molecule has 4 N–H and O–H groups in total. The Morgan fingerprint density at radius 3 is 2.50 bits per heavy atom. The Hall–Kier alpha value is -1.59. The number of nitrogens with two attached hydrogens (primary N) is 1. The Morgan fingerprint density at radius 2 is 1.89 bits per heavy atom. The lowest BCUT2D eigenvalue weighted by Crippen LogP contribution is -2.02. The molecule has 18 heavy (non-hydrogen) atoms. The number of nitrogens with one attached hydrogen (secondary N) is 1. The zero-order valence-corrected chi connectivity index (χ0v) is 11.3. The predicted molar refractivity (Wildman–Crippen MR) is 76.0 cm³/mol. The van der Waals surface area contributed by atoms with E-state index in [2.05, 4.69) is 26.2 Å². The summed E-state index contributed by atoms with van der Waals surface area (Å²) in [6, 6.07) is 9.57. The van der Waals surface area contributed by atoms with Crippen LogP contribution in [0.3, 0.4) is 0 Å². The van der Waals surface area contributed by atoms with Gasteiger partial charge in [-0.2, -0.15) is 0 Å². The number of hydrogen-bond donors (Lipinski definition) is 3. The maximum absolute atomic E-state index is 8.96. The SMILES string of the molecule is Nc1cnc(NCc2ccc(CO)cc2)c(Br)c1. The molecule has 0 radical (unpaired) electrons. The number of nitrogens with zero attached hydrogens (tertiary/aromatic N) is 1. The van der Waals surface area contributed by atoms with Crippen LogP contribution in [0.5, 0.6) is 0 Å². The fraction of sp³-hybridized carbons (Fsp3) is 0.154. The van der Waals surface area contributed by atoms with Gasteiger partial charge in [0.2, 0.25) is 0 Å². The van der Waals surface area contributed by atoms with Crippen LogP contribution >= 0.6 is 15.9 Å². The molecule has 0 bridgehead atoms. The highest BCUT2D eigenvalue weighted by Crippen LogP contribution is 2.22. The Balaban J connectivity index is 2.02. The number of nitrogen functional groups attached to an aromatic ring is 1. The molecule has 0 amide bonds.